The zero-order chi connectivity index (χ0) is 19.3. The molecule has 1 N–H and O–H groups in total. The first-order valence-corrected chi connectivity index (χ1v) is 10.7. The van der Waals surface area contributed by atoms with Gasteiger partial charge in [0.15, 0.2) is 0 Å². The van der Waals surface area contributed by atoms with Gasteiger partial charge in [0, 0.05) is 17.0 Å². The highest BCUT2D eigenvalue weighted by atomic mass is 35.5. The van der Waals surface area contributed by atoms with Crippen molar-refractivity contribution in [3.63, 3.8) is 0 Å². The summed E-state index contributed by atoms with van der Waals surface area (Å²) in [6, 6.07) is 25.8. The van der Waals surface area contributed by atoms with E-state index in [2.05, 4.69) is 4.72 Å². The van der Waals surface area contributed by atoms with Gasteiger partial charge in [-0.3, -0.25) is 0 Å². The van der Waals surface area contributed by atoms with Crippen LogP contribution in [0.2, 0.25) is 5.02 Å². The van der Waals surface area contributed by atoms with Crippen LogP contribution >= 0.6 is 11.6 Å². The van der Waals surface area contributed by atoms with Gasteiger partial charge in [-0.2, -0.15) is 0 Å². The van der Waals surface area contributed by atoms with Crippen LogP contribution in [0.25, 0.3) is 0 Å². The summed E-state index contributed by atoms with van der Waals surface area (Å²) in [5.74, 6) is -0.00846. The Bertz CT molecular complexity index is 958. The van der Waals surface area contributed by atoms with Gasteiger partial charge in [-0.1, -0.05) is 72.3 Å². The zero-order valence-electron chi connectivity index (χ0n) is 15.0. The summed E-state index contributed by atoms with van der Waals surface area (Å²) in [5.41, 5.74) is 2.20. The van der Waals surface area contributed by atoms with Crippen LogP contribution < -0.4 is 4.72 Å². The van der Waals surface area contributed by atoms with E-state index in [1.807, 2.05) is 61.5 Å². The van der Waals surface area contributed by atoms with Crippen molar-refractivity contribution in [2.45, 2.75) is 30.2 Å². The van der Waals surface area contributed by atoms with E-state index >= 15 is 0 Å². The third-order valence-corrected chi connectivity index (χ3v) is 6.42. The number of hydrogen-bond donors (Lipinski definition) is 1. The predicted molar refractivity (Wildman–Crippen MR) is 111 cm³/mol. The lowest BCUT2D eigenvalue weighted by Crippen LogP contribution is -2.37. The minimum Gasteiger partial charge on any atom is -0.208 e. The van der Waals surface area contributed by atoms with Gasteiger partial charge in [0.2, 0.25) is 10.0 Å². The summed E-state index contributed by atoms with van der Waals surface area (Å²) in [6.45, 7) is 1.91. The van der Waals surface area contributed by atoms with Crippen molar-refractivity contribution in [1.29, 1.82) is 0 Å². The summed E-state index contributed by atoms with van der Waals surface area (Å²) in [5, 5.41) is 0.688. The lowest BCUT2D eigenvalue weighted by atomic mass is 9.87. The maximum absolute atomic E-state index is 12.7. The second-order valence-corrected chi connectivity index (χ2v) is 8.72. The molecule has 140 valence electrons. The smallest absolute Gasteiger partial charge is 0.208 e. The number of rotatable bonds is 7. The van der Waals surface area contributed by atoms with Crippen molar-refractivity contribution in [1.82, 2.24) is 4.72 Å². The van der Waals surface area contributed by atoms with Gasteiger partial charge in [0.1, 0.15) is 0 Å². The normalized spacial score (nSPS) is 13.9. The van der Waals surface area contributed by atoms with Gasteiger partial charge in [-0.15, -0.1) is 0 Å². The maximum Gasteiger partial charge on any atom is 0.240 e. The SMILES string of the molecule is CC(NS(=O)(=O)c1ccccc1)C(Cc1ccc(Cl)cc1)c1ccccc1. The summed E-state index contributed by atoms with van der Waals surface area (Å²) >= 11 is 5.99. The molecule has 0 heterocycles. The minimum atomic E-state index is -3.58. The van der Waals surface area contributed by atoms with Gasteiger partial charge in [-0.05, 0) is 48.7 Å². The topological polar surface area (TPSA) is 46.2 Å². The molecule has 0 aliphatic rings. The third-order valence-electron chi connectivity index (χ3n) is 4.59. The Kier molecular flexibility index (Phi) is 6.32. The van der Waals surface area contributed by atoms with Crippen LogP contribution in [0.4, 0.5) is 0 Å². The Morgan fingerprint density at radius 2 is 1.41 bits per heavy atom. The zero-order valence-corrected chi connectivity index (χ0v) is 16.6. The first kappa shape index (κ1) is 19.6. The highest BCUT2D eigenvalue weighted by Gasteiger charge is 2.25. The van der Waals surface area contributed by atoms with Crippen molar-refractivity contribution in [2.75, 3.05) is 0 Å². The molecule has 2 atom stereocenters. The van der Waals surface area contributed by atoms with Gasteiger partial charge < -0.3 is 0 Å². The molecule has 0 saturated heterocycles. The molecule has 27 heavy (non-hydrogen) atoms. The van der Waals surface area contributed by atoms with E-state index in [0.717, 1.165) is 11.1 Å². The summed E-state index contributed by atoms with van der Waals surface area (Å²) < 4.78 is 28.3. The molecule has 3 rings (SSSR count). The predicted octanol–water partition coefficient (Wildman–Crippen LogP) is 5.03. The lowest BCUT2D eigenvalue weighted by molar-refractivity contribution is 0.503. The number of nitrogens with one attached hydrogen (secondary N) is 1. The Morgan fingerprint density at radius 3 is 2.00 bits per heavy atom. The fraction of sp³-hybridized carbons (Fsp3) is 0.182. The molecule has 0 aromatic heterocycles. The fourth-order valence-corrected chi connectivity index (χ4v) is 4.58. The highest BCUT2D eigenvalue weighted by molar-refractivity contribution is 7.89. The average Bonchev–Trinajstić information content (AvgIpc) is 2.68. The molecule has 0 saturated carbocycles. The largest absolute Gasteiger partial charge is 0.240 e. The maximum atomic E-state index is 12.7. The fourth-order valence-electron chi connectivity index (χ4n) is 3.15. The first-order chi connectivity index (χ1) is 13.0. The van der Waals surface area contributed by atoms with E-state index in [9.17, 15) is 8.42 Å². The van der Waals surface area contributed by atoms with Crippen LogP contribution in [0.3, 0.4) is 0 Å². The molecule has 0 fully saturated rings. The number of benzene rings is 3. The molecule has 0 aliphatic heterocycles. The summed E-state index contributed by atoms with van der Waals surface area (Å²) in [7, 11) is -3.58. The Balaban J connectivity index is 1.87. The van der Waals surface area contributed by atoms with Crippen LogP contribution in [0.5, 0.6) is 0 Å². The van der Waals surface area contributed by atoms with Gasteiger partial charge >= 0.3 is 0 Å². The van der Waals surface area contributed by atoms with Crippen molar-refractivity contribution in [2.24, 2.45) is 0 Å². The molecule has 2 unspecified atom stereocenters. The van der Waals surface area contributed by atoms with Crippen molar-refractivity contribution >= 4 is 21.6 Å². The quantitative estimate of drug-likeness (QED) is 0.605. The molecule has 0 bridgehead atoms. The number of hydrogen-bond acceptors (Lipinski definition) is 2. The minimum absolute atomic E-state index is 0.00846. The van der Waals surface area contributed by atoms with Crippen LogP contribution in [-0.4, -0.2) is 14.5 Å². The Labute approximate surface area is 166 Å². The second-order valence-electron chi connectivity index (χ2n) is 6.57. The monoisotopic (exact) mass is 399 g/mol. The Hall–Kier alpha value is -2.14. The van der Waals surface area contributed by atoms with E-state index < -0.39 is 10.0 Å². The van der Waals surface area contributed by atoms with Crippen LogP contribution in [0, 0.1) is 0 Å². The van der Waals surface area contributed by atoms with E-state index in [4.69, 9.17) is 11.6 Å². The molecule has 0 spiro atoms. The van der Waals surface area contributed by atoms with Crippen molar-refractivity contribution < 1.29 is 8.42 Å². The van der Waals surface area contributed by atoms with E-state index in [1.165, 1.54) is 0 Å². The second kappa shape index (κ2) is 8.70. The molecule has 3 aromatic rings. The van der Waals surface area contributed by atoms with E-state index in [1.54, 1.807) is 30.3 Å². The van der Waals surface area contributed by atoms with Gasteiger partial charge in [0.05, 0.1) is 4.90 Å². The Morgan fingerprint density at radius 1 is 0.852 bits per heavy atom. The van der Waals surface area contributed by atoms with E-state index in [0.29, 0.717) is 11.4 Å². The summed E-state index contributed by atoms with van der Waals surface area (Å²) in [4.78, 5) is 0.273. The molecule has 5 heteroatoms. The number of halogens is 1. The molecular weight excluding hydrogens is 378 g/mol. The van der Waals surface area contributed by atoms with Crippen LogP contribution in [-0.2, 0) is 16.4 Å². The highest BCUT2D eigenvalue weighted by Crippen LogP contribution is 2.26. The average molecular weight is 400 g/mol. The van der Waals surface area contributed by atoms with Crippen LogP contribution in [0.15, 0.2) is 89.8 Å². The first-order valence-electron chi connectivity index (χ1n) is 8.82. The molecule has 0 aliphatic carbocycles. The molecule has 3 aromatic carbocycles. The number of sulfonamides is 1. The van der Waals surface area contributed by atoms with Crippen LogP contribution in [0.1, 0.15) is 24.0 Å². The standard InChI is InChI=1S/C22H22ClNO2S/c1-17(24-27(25,26)21-10-6-3-7-11-21)22(19-8-4-2-5-9-19)16-18-12-14-20(23)15-13-18/h2-15,17,22,24H,16H2,1H3. The molecule has 0 amide bonds. The van der Waals surface area contributed by atoms with Gasteiger partial charge in [0.25, 0.3) is 0 Å². The molecular formula is C22H22ClNO2S. The van der Waals surface area contributed by atoms with E-state index in [-0.39, 0.29) is 16.9 Å². The van der Waals surface area contributed by atoms with Crippen molar-refractivity contribution in [3.05, 3.63) is 101 Å². The van der Waals surface area contributed by atoms with Gasteiger partial charge in [-0.25, -0.2) is 13.1 Å². The lowest BCUT2D eigenvalue weighted by Gasteiger charge is -2.25. The molecule has 3 nitrogen and oxygen atoms in total. The summed E-state index contributed by atoms with van der Waals surface area (Å²) in [6.07, 6.45) is 0.708. The van der Waals surface area contributed by atoms with Crippen molar-refractivity contribution in [3.8, 4) is 0 Å². The third kappa shape index (κ3) is 5.19. The molecule has 0 radical (unpaired) electrons.